The zero-order chi connectivity index (χ0) is 30.8. The van der Waals surface area contributed by atoms with Crippen LogP contribution in [-0.4, -0.2) is 15.4 Å². The summed E-state index contributed by atoms with van der Waals surface area (Å²) < 4.78 is 2.50. The summed E-state index contributed by atoms with van der Waals surface area (Å²) in [6.45, 7) is 4.48. The summed E-state index contributed by atoms with van der Waals surface area (Å²) >= 11 is 1.83. The molecule has 8 aromatic rings. The number of aryl methyl sites for hydroxylation is 1. The fraction of sp³-hybridized carbons (Fsp3) is 0.0714. The van der Waals surface area contributed by atoms with Gasteiger partial charge in [0.25, 0.3) is 0 Å². The van der Waals surface area contributed by atoms with E-state index in [0.29, 0.717) is 0 Å². The van der Waals surface area contributed by atoms with Crippen molar-refractivity contribution < 1.29 is 0 Å². The van der Waals surface area contributed by atoms with Crippen LogP contribution < -0.4 is 0 Å². The number of nitrogens with zero attached hydrogens (tertiary/aromatic N) is 3. The first-order chi connectivity index (χ1) is 22.7. The molecule has 46 heavy (non-hydrogen) atoms. The van der Waals surface area contributed by atoms with Gasteiger partial charge in [-0.1, -0.05) is 115 Å². The number of benzene rings is 6. The fourth-order valence-corrected chi connectivity index (χ4v) is 8.43. The molecule has 0 N–H and O–H groups in total. The smallest absolute Gasteiger partial charge is 0.106 e. The molecule has 0 radical (unpaired) electrons. The molecule has 9 rings (SSSR count). The molecule has 0 fully saturated rings. The van der Waals surface area contributed by atoms with Crippen molar-refractivity contribution in [1.29, 1.82) is 0 Å². The summed E-state index contributed by atoms with van der Waals surface area (Å²) in [5, 5.41) is 16.8. The standard InChI is InChI=1S/C42H29N3S/c1-25-23-33-30-18-10-9-17-29(30)24-34(33)37(26(25)2)40-41(28-15-7-4-8-16-28)43-45-44-42(40)39-31(27-13-5-3-6-14-27)21-22-36-38(39)32-19-11-12-20-35(32)46-36/h3-23H,24H2,1-2H3. The Morgan fingerprint density at radius 2 is 1.24 bits per heavy atom. The van der Waals surface area contributed by atoms with Crippen molar-refractivity contribution >= 4 is 31.5 Å². The number of fused-ring (bicyclic) bond motifs is 6. The van der Waals surface area contributed by atoms with E-state index in [0.717, 1.165) is 45.6 Å². The van der Waals surface area contributed by atoms with Gasteiger partial charge in [-0.15, -0.1) is 21.5 Å². The Kier molecular flexibility index (Phi) is 6.19. The van der Waals surface area contributed by atoms with E-state index < -0.39 is 0 Å². The minimum absolute atomic E-state index is 0.855. The average Bonchev–Trinajstić information content (AvgIpc) is 3.67. The molecular formula is C42H29N3S. The Hall–Kier alpha value is -5.45. The van der Waals surface area contributed by atoms with Gasteiger partial charge in [0, 0.05) is 36.9 Å². The van der Waals surface area contributed by atoms with E-state index in [2.05, 4.69) is 146 Å². The average molecular weight is 608 g/mol. The second kappa shape index (κ2) is 10.6. The van der Waals surface area contributed by atoms with Crippen molar-refractivity contribution in [2.24, 2.45) is 0 Å². The van der Waals surface area contributed by atoms with Gasteiger partial charge in [-0.05, 0) is 87.7 Å². The lowest BCUT2D eigenvalue weighted by molar-refractivity contribution is 0.878. The highest BCUT2D eigenvalue weighted by Gasteiger charge is 2.30. The van der Waals surface area contributed by atoms with E-state index in [1.807, 2.05) is 11.3 Å². The summed E-state index contributed by atoms with van der Waals surface area (Å²) in [5.74, 6) is 0. The van der Waals surface area contributed by atoms with Crippen molar-refractivity contribution in [1.82, 2.24) is 15.4 Å². The van der Waals surface area contributed by atoms with Crippen molar-refractivity contribution in [3.8, 4) is 55.9 Å². The summed E-state index contributed by atoms with van der Waals surface area (Å²) in [5.41, 5.74) is 16.2. The largest absolute Gasteiger partial charge is 0.135 e. The minimum atomic E-state index is 0.855. The maximum absolute atomic E-state index is 5.02. The van der Waals surface area contributed by atoms with Crippen LogP contribution in [0, 0.1) is 13.8 Å². The summed E-state index contributed by atoms with van der Waals surface area (Å²) in [6.07, 6.45) is 0.870. The third-order valence-electron chi connectivity index (χ3n) is 9.55. The summed E-state index contributed by atoms with van der Waals surface area (Å²) in [6, 6.07) is 45.6. The number of aromatic nitrogens is 3. The van der Waals surface area contributed by atoms with Crippen LogP contribution in [0.25, 0.3) is 76.1 Å². The van der Waals surface area contributed by atoms with E-state index in [4.69, 9.17) is 10.2 Å². The van der Waals surface area contributed by atoms with Crippen LogP contribution >= 0.6 is 11.3 Å². The van der Waals surface area contributed by atoms with Gasteiger partial charge in [0.15, 0.2) is 0 Å². The monoisotopic (exact) mass is 607 g/mol. The Balaban J connectivity index is 1.47. The van der Waals surface area contributed by atoms with Crippen LogP contribution in [-0.2, 0) is 6.42 Å². The maximum atomic E-state index is 5.02. The van der Waals surface area contributed by atoms with Crippen LogP contribution in [0.15, 0.2) is 127 Å². The van der Waals surface area contributed by atoms with Gasteiger partial charge in [-0.25, -0.2) is 0 Å². The van der Waals surface area contributed by atoms with Gasteiger partial charge in [-0.3, -0.25) is 0 Å². The summed E-state index contributed by atoms with van der Waals surface area (Å²) in [7, 11) is 0. The zero-order valence-electron chi connectivity index (χ0n) is 25.6. The summed E-state index contributed by atoms with van der Waals surface area (Å²) in [4.78, 5) is 0. The highest BCUT2D eigenvalue weighted by Crippen LogP contribution is 2.51. The van der Waals surface area contributed by atoms with E-state index in [-0.39, 0.29) is 0 Å². The molecule has 0 bridgehead atoms. The highest BCUT2D eigenvalue weighted by molar-refractivity contribution is 7.26. The number of hydrogen-bond acceptors (Lipinski definition) is 4. The zero-order valence-corrected chi connectivity index (χ0v) is 26.4. The Bertz CT molecular complexity index is 2460. The second-order valence-corrected chi connectivity index (χ2v) is 13.2. The Morgan fingerprint density at radius 1 is 0.543 bits per heavy atom. The van der Waals surface area contributed by atoms with E-state index in [9.17, 15) is 0 Å². The van der Waals surface area contributed by atoms with Gasteiger partial charge < -0.3 is 0 Å². The molecule has 2 heterocycles. The van der Waals surface area contributed by atoms with Crippen LogP contribution in [0.4, 0.5) is 0 Å². The minimum Gasteiger partial charge on any atom is -0.135 e. The second-order valence-electron chi connectivity index (χ2n) is 12.1. The fourth-order valence-electron chi connectivity index (χ4n) is 7.31. The molecule has 218 valence electrons. The number of hydrogen-bond donors (Lipinski definition) is 0. The first-order valence-electron chi connectivity index (χ1n) is 15.7. The Labute approximate surface area is 271 Å². The van der Waals surface area contributed by atoms with Crippen LogP contribution in [0.3, 0.4) is 0 Å². The van der Waals surface area contributed by atoms with Crippen molar-refractivity contribution in [3.63, 3.8) is 0 Å². The highest BCUT2D eigenvalue weighted by atomic mass is 32.1. The molecule has 0 atom stereocenters. The van der Waals surface area contributed by atoms with Gasteiger partial charge in [0.2, 0.25) is 0 Å². The molecule has 3 nitrogen and oxygen atoms in total. The normalized spacial score (nSPS) is 12.0. The van der Waals surface area contributed by atoms with Gasteiger partial charge >= 0.3 is 0 Å². The third-order valence-corrected chi connectivity index (χ3v) is 10.7. The molecule has 1 aliphatic rings. The molecular weight excluding hydrogens is 579 g/mol. The molecule has 0 saturated heterocycles. The molecule has 1 aliphatic carbocycles. The van der Waals surface area contributed by atoms with E-state index in [1.165, 1.54) is 59.1 Å². The van der Waals surface area contributed by atoms with Gasteiger partial charge in [0.1, 0.15) is 11.4 Å². The molecule has 4 heteroatoms. The van der Waals surface area contributed by atoms with Crippen molar-refractivity contribution in [3.05, 3.63) is 150 Å². The molecule has 0 unspecified atom stereocenters. The molecule has 6 aromatic carbocycles. The van der Waals surface area contributed by atoms with Crippen molar-refractivity contribution in [2.45, 2.75) is 20.3 Å². The van der Waals surface area contributed by atoms with Crippen molar-refractivity contribution in [2.75, 3.05) is 0 Å². The maximum Gasteiger partial charge on any atom is 0.106 e. The number of thiophene rings is 1. The SMILES string of the molecule is Cc1cc2c(c(-c3c(-c4ccccc4)nnnc3-c3c(-c4ccccc4)ccc4sc5ccccc5c34)c1C)Cc1ccccc1-2. The number of rotatable bonds is 4. The molecule has 0 amide bonds. The quantitative estimate of drug-likeness (QED) is 0.200. The van der Waals surface area contributed by atoms with Crippen LogP contribution in [0.2, 0.25) is 0 Å². The van der Waals surface area contributed by atoms with E-state index >= 15 is 0 Å². The predicted octanol–water partition coefficient (Wildman–Crippen LogP) is 11.1. The molecule has 0 spiro atoms. The topological polar surface area (TPSA) is 38.7 Å². The molecule has 0 saturated carbocycles. The predicted molar refractivity (Wildman–Crippen MR) is 192 cm³/mol. The van der Waals surface area contributed by atoms with Gasteiger partial charge in [0.05, 0.1) is 0 Å². The molecule has 0 aliphatic heterocycles. The lowest BCUT2D eigenvalue weighted by Crippen LogP contribution is -2.05. The van der Waals surface area contributed by atoms with Crippen LogP contribution in [0.1, 0.15) is 22.3 Å². The van der Waals surface area contributed by atoms with E-state index in [1.54, 1.807) is 0 Å². The first-order valence-corrected chi connectivity index (χ1v) is 16.5. The lowest BCUT2D eigenvalue weighted by atomic mass is 9.83. The lowest BCUT2D eigenvalue weighted by Gasteiger charge is -2.21. The van der Waals surface area contributed by atoms with Crippen LogP contribution in [0.5, 0.6) is 0 Å². The Morgan fingerprint density at radius 3 is 2.07 bits per heavy atom. The first kappa shape index (κ1) is 26.9. The molecule has 2 aromatic heterocycles. The third kappa shape index (κ3) is 4.07. The van der Waals surface area contributed by atoms with Gasteiger partial charge in [-0.2, -0.15) is 0 Å².